The normalized spacial score (nSPS) is 10.7. The molecule has 0 saturated carbocycles. The lowest BCUT2D eigenvalue weighted by molar-refractivity contribution is 0.712. The quantitative estimate of drug-likeness (QED) is 0.513. The number of hydrogen-bond acceptors (Lipinski definition) is 3. The number of rotatable bonds is 7. The molecule has 0 unspecified atom stereocenters. The number of nitrogens with zero attached hydrogens (tertiary/aromatic N) is 1. The first-order valence-corrected chi connectivity index (χ1v) is 8.38. The first-order chi connectivity index (χ1) is 10.9. The van der Waals surface area contributed by atoms with E-state index >= 15 is 0 Å². The van der Waals surface area contributed by atoms with E-state index in [1.165, 1.54) is 4.90 Å². The average molecular weight is 309 g/mol. The summed E-state index contributed by atoms with van der Waals surface area (Å²) in [7, 11) is 0. The van der Waals surface area contributed by atoms with Crippen LogP contribution < -0.4 is 5.32 Å². The zero-order valence-electron chi connectivity index (χ0n) is 12.3. The number of aromatic nitrogens is 2. The topological polar surface area (TPSA) is 40.7 Å². The Morgan fingerprint density at radius 3 is 2.45 bits per heavy atom. The van der Waals surface area contributed by atoms with E-state index in [2.05, 4.69) is 58.0 Å². The summed E-state index contributed by atoms with van der Waals surface area (Å²) in [5.74, 6) is 1.06. The van der Waals surface area contributed by atoms with Gasteiger partial charge in [0.15, 0.2) is 0 Å². The van der Waals surface area contributed by atoms with Crippen LogP contribution >= 0.6 is 11.8 Å². The number of H-pyrrole nitrogens is 1. The summed E-state index contributed by atoms with van der Waals surface area (Å²) in [4.78, 5) is 1.32. The Kier molecular flexibility index (Phi) is 5.29. The largest absolute Gasteiger partial charge is 0.310 e. The van der Waals surface area contributed by atoms with Crippen LogP contribution in [0.15, 0.2) is 71.6 Å². The molecule has 0 amide bonds. The SMILES string of the molecule is c1ccc(SCCNCc2cc(-c3ccccc3)n[nH]2)cc1. The van der Waals surface area contributed by atoms with Gasteiger partial charge in [0.1, 0.15) is 0 Å². The van der Waals surface area contributed by atoms with Gasteiger partial charge in [-0.1, -0.05) is 48.5 Å². The molecule has 0 fully saturated rings. The van der Waals surface area contributed by atoms with Gasteiger partial charge in [-0.2, -0.15) is 5.10 Å². The Bertz CT molecular complexity index is 680. The monoisotopic (exact) mass is 309 g/mol. The Morgan fingerprint density at radius 2 is 1.68 bits per heavy atom. The average Bonchev–Trinajstić information content (AvgIpc) is 3.05. The summed E-state index contributed by atoms with van der Waals surface area (Å²) in [5.41, 5.74) is 3.25. The maximum atomic E-state index is 4.36. The van der Waals surface area contributed by atoms with Gasteiger partial charge >= 0.3 is 0 Å². The lowest BCUT2D eigenvalue weighted by Crippen LogP contribution is -2.16. The Hall–Kier alpha value is -2.04. The first-order valence-electron chi connectivity index (χ1n) is 7.40. The van der Waals surface area contributed by atoms with Gasteiger partial charge < -0.3 is 5.32 Å². The van der Waals surface area contributed by atoms with Crippen LogP contribution in [0.25, 0.3) is 11.3 Å². The number of thioether (sulfide) groups is 1. The second-order valence-electron chi connectivity index (χ2n) is 4.98. The Morgan fingerprint density at radius 1 is 0.955 bits per heavy atom. The maximum absolute atomic E-state index is 4.36. The molecule has 3 nitrogen and oxygen atoms in total. The van der Waals surface area contributed by atoms with Crippen molar-refractivity contribution in [1.82, 2.24) is 15.5 Å². The molecular weight excluding hydrogens is 290 g/mol. The predicted molar refractivity (Wildman–Crippen MR) is 92.9 cm³/mol. The van der Waals surface area contributed by atoms with E-state index in [0.717, 1.165) is 35.8 Å². The summed E-state index contributed by atoms with van der Waals surface area (Å²) in [6, 6.07) is 22.8. The van der Waals surface area contributed by atoms with Gasteiger partial charge in [0.05, 0.1) is 5.69 Å². The molecule has 0 radical (unpaired) electrons. The van der Waals surface area contributed by atoms with Gasteiger partial charge in [0.2, 0.25) is 0 Å². The van der Waals surface area contributed by atoms with Gasteiger partial charge in [-0.25, -0.2) is 0 Å². The third-order valence-electron chi connectivity index (χ3n) is 3.31. The highest BCUT2D eigenvalue weighted by molar-refractivity contribution is 7.99. The Labute approximate surface area is 135 Å². The molecular formula is C18H19N3S. The summed E-state index contributed by atoms with van der Waals surface area (Å²) >= 11 is 1.87. The summed E-state index contributed by atoms with van der Waals surface area (Å²) in [6.07, 6.45) is 0. The molecule has 4 heteroatoms. The van der Waals surface area contributed by atoms with Gasteiger partial charge in [-0.05, 0) is 18.2 Å². The minimum atomic E-state index is 0.815. The zero-order valence-corrected chi connectivity index (χ0v) is 13.1. The fraction of sp³-hybridized carbons (Fsp3) is 0.167. The van der Waals surface area contributed by atoms with Crippen molar-refractivity contribution in [2.75, 3.05) is 12.3 Å². The molecule has 22 heavy (non-hydrogen) atoms. The van der Waals surface area contributed by atoms with Crippen LogP contribution in [0.1, 0.15) is 5.69 Å². The smallest absolute Gasteiger partial charge is 0.0924 e. The Balaban J connectivity index is 1.42. The van der Waals surface area contributed by atoms with Gasteiger partial charge in [0.25, 0.3) is 0 Å². The van der Waals surface area contributed by atoms with Crippen molar-refractivity contribution in [3.05, 3.63) is 72.4 Å². The zero-order chi connectivity index (χ0) is 15.0. The van der Waals surface area contributed by atoms with Crippen LogP contribution in [0, 0.1) is 0 Å². The maximum Gasteiger partial charge on any atom is 0.0924 e. The van der Waals surface area contributed by atoms with Gasteiger partial charge in [-0.3, -0.25) is 5.10 Å². The fourth-order valence-electron chi connectivity index (χ4n) is 2.19. The van der Waals surface area contributed by atoms with Crippen LogP contribution in [0.2, 0.25) is 0 Å². The van der Waals surface area contributed by atoms with Crippen molar-refractivity contribution in [1.29, 1.82) is 0 Å². The van der Waals surface area contributed by atoms with Crippen LogP contribution in [0.4, 0.5) is 0 Å². The molecule has 1 heterocycles. The molecule has 2 aromatic carbocycles. The van der Waals surface area contributed by atoms with Gasteiger partial charge in [0, 0.05) is 35.0 Å². The first kappa shape index (κ1) is 14.9. The molecule has 3 rings (SSSR count). The number of hydrogen-bond donors (Lipinski definition) is 2. The van der Waals surface area contributed by atoms with Gasteiger partial charge in [-0.15, -0.1) is 11.8 Å². The fourth-order valence-corrected chi connectivity index (χ4v) is 3.02. The standard InChI is InChI=1S/C18H19N3S/c1-3-7-15(8-4-1)18-13-16(20-21-18)14-19-11-12-22-17-9-5-2-6-10-17/h1-10,13,19H,11-12,14H2,(H,20,21). The summed E-state index contributed by atoms with van der Waals surface area (Å²) in [5, 5.41) is 10.9. The second kappa shape index (κ2) is 7.82. The summed E-state index contributed by atoms with van der Waals surface area (Å²) in [6.45, 7) is 1.79. The summed E-state index contributed by atoms with van der Waals surface area (Å²) < 4.78 is 0. The van der Waals surface area contributed by atoms with E-state index < -0.39 is 0 Å². The molecule has 3 aromatic rings. The molecule has 0 spiro atoms. The van der Waals surface area contributed by atoms with Crippen molar-refractivity contribution in [2.24, 2.45) is 0 Å². The second-order valence-corrected chi connectivity index (χ2v) is 6.15. The van der Waals surface area contributed by atoms with Crippen LogP contribution in [0.3, 0.4) is 0 Å². The third-order valence-corrected chi connectivity index (χ3v) is 4.32. The van der Waals surface area contributed by atoms with Crippen molar-refractivity contribution >= 4 is 11.8 Å². The lowest BCUT2D eigenvalue weighted by atomic mass is 10.1. The molecule has 0 saturated heterocycles. The molecule has 0 aliphatic heterocycles. The lowest BCUT2D eigenvalue weighted by Gasteiger charge is -2.03. The van der Waals surface area contributed by atoms with Crippen molar-refractivity contribution in [3.63, 3.8) is 0 Å². The number of aromatic amines is 1. The van der Waals surface area contributed by atoms with E-state index in [4.69, 9.17) is 0 Å². The minimum absolute atomic E-state index is 0.815. The van der Waals surface area contributed by atoms with Crippen LogP contribution in [-0.4, -0.2) is 22.5 Å². The van der Waals surface area contributed by atoms with Crippen molar-refractivity contribution in [3.8, 4) is 11.3 Å². The highest BCUT2D eigenvalue weighted by atomic mass is 32.2. The number of benzene rings is 2. The van der Waals surface area contributed by atoms with Crippen LogP contribution in [-0.2, 0) is 6.54 Å². The minimum Gasteiger partial charge on any atom is -0.310 e. The molecule has 0 atom stereocenters. The van der Waals surface area contributed by atoms with Crippen LogP contribution in [0.5, 0.6) is 0 Å². The number of nitrogens with one attached hydrogen (secondary N) is 2. The van der Waals surface area contributed by atoms with E-state index in [9.17, 15) is 0 Å². The van der Waals surface area contributed by atoms with Crippen molar-refractivity contribution in [2.45, 2.75) is 11.4 Å². The highest BCUT2D eigenvalue weighted by Crippen LogP contribution is 2.17. The van der Waals surface area contributed by atoms with E-state index in [1.807, 2.05) is 36.0 Å². The molecule has 1 aromatic heterocycles. The van der Waals surface area contributed by atoms with E-state index in [1.54, 1.807) is 0 Å². The molecule has 0 bridgehead atoms. The van der Waals surface area contributed by atoms with Crippen molar-refractivity contribution < 1.29 is 0 Å². The third kappa shape index (κ3) is 4.23. The van der Waals surface area contributed by atoms with E-state index in [0.29, 0.717) is 0 Å². The molecule has 0 aliphatic rings. The molecule has 112 valence electrons. The van der Waals surface area contributed by atoms with E-state index in [-0.39, 0.29) is 0 Å². The molecule has 0 aliphatic carbocycles. The highest BCUT2D eigenvalue weighted by Gasteiger charge is 2.02. The molecule has 2 N–H and O–H groups in total. The predicted octanol–water partition coefficient (Wildman–Crippen LogP) is 3.96.